The molecule has 0 aliphatic heterocycles. The Labute approximate surface area is 117 Å². The lowest BCUT2D eigenvalue weighted by molar-refractivity contribution is 0.124. The Kier molecular flexibility index (Phi) is 3.66. The maximum Gasteiger partial charge on any atom is 0.0540 e. The molecule has 4 atom stereocenters. The van der Waals surface area contributed by atoms with Gasteiger partial charge in [-0.05, 0) is 80.8 Å². The molecule has 0 aromatic carbocycles. The Morgan fingerprint density at radius 3 is 2.84 bits per heavy atom. The summed E-state index contributed by atoms with van der Waals surface area (Å²) in [5, 5.41) is 9.78. The highest BCUT2D eigenvalue weighted by Gasteiger charge is 2.36. The van der Waals surface area contributed by atoms with Crippen LogP contribution in [0.25, 0.3) is 0 Å². The van der Waals surface area contributed by atoms with Gasteiger partial charge in [0, 0.05) is 0 Å². The Morgan fingerprint density at radius 1 is 1.26 bits per heavy atom. The third kappa shape index (κ3) is 2.45. The SMILES string of the molecule is C=C1C2=C(CCC=C2)CCC1C1CCC(C(C)O)C1. The van der Waals surface area contributed by atoms with Gasteiger partial charge in [0.2, 0.25) is 0 Å². The van der Waals surface area contributed by atoms with Crippen molar-refractivity contribution in [3.8, 4) is 0 Å². The first kappa shape index (κ1) is 13.2. The summed E-state index contributed by atoms with van der Waals surface area (Å²) in [6.07, 6.45) is 13.2. The van der Waals surface area contributed by atoms with E-state index >= 15 is 0 Å². The van der Waals surface area contributed by atoms with E-state index in [-0.39, 0.29) is 6.10 Å². The van der Waals surface area contributed by atoms with Crippen LogP contribution in [0.4, 0.5) is 0 Å². The van der Waals surface area contributed by atoms with Gasteiger partial charge in [-0.15, -0.1) is 0 Å². The maximum absolute atomic E-state index is 9.78. The van der Waals surface area contributed by atoms with Gasteiger partial charge in [0.1, 0.15) is 0 Å². The van der Waals surface area contributed by atoms with E-state index in [1.54, 1.807) is 5.57 Å². The minimum absolute atomic E-state index is 0.133. The second kappa shape index (κ2) is 5.28. The van der Waals surface area contributed by atoms with Gasteiger partial charge in [-0.2, -0.15) is 0 Å². The first-order chi connectivity index (χ1) is 9.16. The Bertz CT molecular complexity index is 427. The van der Waals surface area contributed by atoms with E-state index in [4.69, 9.17) is 0 Å². The van der Waals surface area contributed by atoms with E-state index in [2.05, 4.69) is 18.7 Å². The van der Waals surface area contributed by atoms with Crippen molar-refractivity contribution < 1.29 is 5.11 Å². The lowest BCUT2D eigenvalue weighted by atomic mass is 9.71. The fourth-order valence-corrected chi connectivity index (χ4v) is 4.39. The molecule has 19 heavy (non-hydrogen) atoms. The van der Waals surface area contributed by atoms with E-state index in [9.17, 15) is 5.11 Å². The molecule has 0 saturated heterocycles. The van der Waals surface area contributed by atoms with Crippen LogP contribution in [-0.2, 0) is 0 Å². The van der Waals surface area contributed by atoms with Crippen molar-refractivity contribution in [1.29, 1.82) is 0 Å². The molecule has 4 unspecified atom stereocenters. The molecule has 0 bridgehead atoms. The Morgan fingerprint density at radius 2 is 2.11 bits per heavy atom. The zero-order valence-electron chi connectivity index (χ0n) is 12.1. The summed E-state index contributed by atoms with van der Waals surface area (Å²) in [6.45, 7) is 6.37. The van der Waals surface area contributed by atoms with Gasteiger partial charge in [0.15, 0.2) is 0 Å². The summed E-state index contributed by atoms with van der Waals surface area (Å²) in [7, 11) is 0. The van der Waals surface area contributed by atoms with Gasteiger partial charge in [-0.25, -0.2) is 0 Å². The first-order valence-corrected chi connectivity index (χ1v) is 7.92. The molecule has 0 aromatic heterocycles. The molecule has 1 heteroatoms. The van der Waals surface area contributed by atoms with Crippen molar-refractivity contribution in [2.24, 2.45) is 17.8 Å². The fourth-order valence-electron chi connectivity index (χ4n) is 4.39. The lowest BCUT2D eigenvalue weighted by Crippen LogP contribution is -2.22. The third-order valence-corrected chi connectivity index (χ3v) is 5.59. The molecule has 0 spiro atoms. The normalized spacial score (nSPS) is 36.5. The van der Waals surface area contributed by atoms with E-state index in [0.717, 1.165) is 5.92 Å². The van der Waals surface area contributed by atoms with Crippen LogP contribution < -0.4 is 0 Å². The number of aliphatic hydroxyl groups excluding tert-OH is 1. The average molecular weight is 258 g/mol. The van der Waals surface area contributed by atoms with Crippen molar-refractivity contribution in [3.05, 3.63) is 35.5 Å². The topological polar surface area (TPSA) is 20.2 Å². The average Bonchev–Trinajstić information content (AvgIpc) is 2.89. The molecular weight excluding hydrogens is 232 g/mol. The lowest BCUT2D eigenvalue weighted by Gasteiger charge is -2.34. The summed E-state index contributed by atoms with van der Waals surface area (Å²) in [5.74, 6) is 1.96. The predicted molar refractivity (Wildman–Crippen MR) is 79.8 cm³/mol. The summed E-state index contributed by atoms with van der Waals surface area (Å²) in [5.41, 5.74) is 4.52. The van der Waals surface area contributed by atoms with Gasteiger partial charge < -0.3 is 5.11 Å². The zero-order valence-corrected chi connectivity index (χ0v) is 12.1. The first-order valence-electron chi connectivity index (χ1n) is 7.92. The number of rotatable bonds is 2. The molecule has 1 nitrogen and oxygen atoms in total. The van der Waals surface area contributed by atoms with E-state index in [0.29, 0.717) is 11.8 Å². The molecular formula is C18H26O. The zero-order chi connectivity index (χ0) is 13.4. The van der Waals surface area contributed by atoms with Crippen molar-refractivity contribution in [3.63, 3.8) is 0 Å². The van der Waals surface area contributed by atoms with E-state index < -0.39 is 0 Å². The quantitative estimate of drug-likeness (QED) is 0.778. The summed E-state index contributed by atoms with van der Waals surface area (Å²) in [6, 6.07) is 0. The molecule has 3 aliphatic rings. The van der Waals surface area contributed by atoms with Gasteiger partial charge >= 0.3 is 0 Å². The van der Waals surface area contributed by atoms with E-state index in [1.807, 2.05) is 6.92 Å². The molecule has 1 fully saturated rings. The molecule has 0 heterocycles. The van der Waals surface area contributed by atoms with Crippen LogP contribution in [0.15, 0.2) is 35.5 Å². The maximum atomic E-state index is 9.78. The standard InChI is InChI=1S/C18H26O/c1-12-17-6-4-3-5-14(17)9-10-18(12)16-8-7-15(11-16)13(2)19/h4,6,13,15-16,18-19H,1,3,5,7-11H2,2H3. The van der Waals surface area contributed by atoms with Crippen molar-refractivity contribution >= 4 is 0 Å². The summed E-state index contributed by atoms with van der Waals surface area (Å²) >= 11 is 0. The largest absolute Gasteiger partial charge is 0.393 e. The highest BCUT2D eigenvalue weighted by atomic mass is 16.3. The number of hydrogen-bond acceptors (Lipinski definition) is 1. The number of hydrogen-bond donors (Lipinski definition) is 1. The van der Waals surface area contributed by atoms with Crippen LogP contribution >= 0.6 is 0 Å². The molecule has 1 N–H and O–H groups in total. The molecule has 0 amide bonds. The molecule has 0 radical (unpaired) electrons. The fraction of sp³-hybridized carbons (Fsp3) is 0.667. The molecule has 104 valence electrons. The predicted octanol–water partition coefficient (Wildman–Crippen LogP) is 4.40. The summed E-state index contributed by atoms with van der Waals surface area (Å²) < 4.78 is 0. The van der Waals surface area contributed by atoms with Gasteiger partial charge in [-0.1, -0.05) is 24.3 Å². The highest BCUT2D eigenvalue weighted by Crippen LogP contribution is 2.47. The monoisotopic (exact) mass is 258 g/mol. The van der Waals surface area contributed by atoms with Crippen LogP contribution in [0.2, 0.25) is 0 Å². The molecule has 3 rings (SSSR count). The molecule has 0 aromatic rings. The smallest absolute Gasteiger partial charge is 0.0540 e. The highest BCUT2D eigenvalue weighted by molar-refractivity contribution is 5.47. The second-order valence-electron chi connectivity index (χ2n) is 6.70. The third-order valence-electron chi connectivity index (χ3n) is 5.59. The summed E-state index contributed by atoms with van der Waals surface area (Å²) in [4.78, 5) is 0. The van der Waals surface area contributed by atoms with E-state index in [1.165, 1.54) is 56.1 Å². The van der Waals surface area contributed by atoms with Crippen LogP contribution in [0.3, 0.4) is 0 Å². The number of allylic oxidation sites excluding steroid dienone is 5. The Balaban J connectivity index is 1.72. The minimum Gasteiger partial charge on any atom is -0.393 e. The number of aliphatic hydroxyl groups is 1. The minimum atomic E-state index is -0.133. The second-order valence-corrected chi connectivity index (χ2v) is 6.70. The molecule has 3 aliphatic carbocycles. The molecule has 1 saturated carbocycles. The van der Waals surface area contributed by atoms with Crippen LogP contribution in [0.1, 0.15) is 51.9 Å². The van der Waals surface area contributed by atoms with Gasteiger partial charge in [-0.3, -0.25) is 0 Å². The van der Waals surface area contributed by atoms with Crippen molar-refractivity contribution in [1.82, 2.24) is 0 Å². The van der Waals surface area contributed by atoms with Crippen LogP contribution in [0.5, 0.6) is 0 Å². The Hall–Kier alpha value is -0.820. The van der Waals surface area contributed by atoms with Gasteiger partial charge in [0.05, 0.1) is 6.10 Å². The van der Waals surface area contributed by atoms with Crippen LogP contribution in [-0.4, -0.2) is 11.2 Å². The van der Waals surface area contributed by atoms with Crippen LogP contribution in [0, 0.1) is 17.8 Å². The van der Waals surface area contributed by atoms with Crippen molar-refractivity contribution in [2.75, 3.05) is 0 Å². The van der Waals surface area contributed by atoms with Gasteiger partial charge in [0.25, 0.3) is 0 Å². The van der Waals surface area contributed by atoms with Crippen molar-refractivity contribution in [2.45, 2.75) is 58.0 Å².